The molecule has 0 bridgehead atoms. The van der Waals surface area contributed by atoms with Crippen molar-refractivity contribution in [2.75, 3.05) is 7.05 Å². The highest BCUT2D eigenvalue weighted by Gasteiger charge is 2.52. The molecule has 0 N–H and O–H groups in total. The lowest BCUT2D eigenvalue weighted by Crippen LogP contribution is -2.39. The van der Waals surface area contributed by atoms with E-state index in [1.165, 1.54) is 82.8 Å². The van der Waals surface area contributed by atoms with Crippen molar-refractivity contribution in [2.45, 2.75) is 37.3 Å². The smallest absolute Gasteiger partial charge is 0.214 e. The third kappa shape index (κ3) is 6.52. The highest BCUT2D eigenvalue weighted by molar-refractivity contribution is 6.22. The van der Waals surface area contributed by atoms with Crippen LogP contribution in [-0.2, 0) is 10.8 Å². The zero-order chi connectivity index (χ0) is 53.4. The van der Waals surface area contributed by atoms with E-state index in [1.807, 2.05) is 0 Å². The molecule has 12 aromatic rings. The van der Waals surface area contributed by atoms with Gasteiger partial charge in [-0.15, -0.1) is 0 Å². The molecule has 10 aromatic carbocycles. The van der Waals surface area contributed by atoms with Crippen LogP contribution in [0, 0.1) is 0 Å². The molecule has 80 heavy (non-hydrogen) atoms. The first kappa shape index (κ1) is 46.3. The van der Waals surface area contributed by atoms with Gasteiger partial charge in [-0.2, -0.15) is 4.99 Å². The number of hydrogen-bond acceptors (Lipinski definition) is 3. The molecular weight excluding hydrogens is 971 g/mol. The van der Waals surface area contributed by atoms with Crippen molar-refractivity contribution < 1.29 is 0 Å². The van der Waals surface area contributed by atoms with Crippen LogP contribution in [0.25, 0.3) is 88.3 Å². The molecule has 2 aromatic heterocycles. The second kappa shape index (κ2) is 17.3. The van der Waals surface area contributed by atoms with Crippen molar-refractivity contribution in [1.29, 1.82) is 0 Å². The summed E-state index contributed by atoms with van der Waals surface area (Å²) in [6, 6.07) is 83.1. The summed E-state index contributed by atoms with van der Waals surface area (Å²) >= 11 is 0. The Morgan fingerprint density at radius 2 is 1.05 bits per heavy atom. The summed E-state index contributed by atoms with van der Waals surface area (Å²) in [5.74, 6) is 1.52. The fourth-order valence-corrected chi connectivity index (χ4v) is 14.2. The molecule has 0 radical (unpaired) electrons. The van der Waals surface area contributed by atoms with Gasteiger partial charge in [0.15, 0.2) is 12.0 Å². The average molecular weight is 1030 g/mol. The van der Waals surface area contributed by atoms with Crippen molar-refractivity contribution in [3.8, 4) is 39.1 Å². The fourth-order valence-electron chi connectivity index (χ4n) is 14.2. The predicted octanol–water partition coefficient (Wildman–Crippen LogP) is 18.0. The summed E-state index contributed by atoms with van der Waals surface area (Å²) in [6.45, 7) is 9.36. The van der Waals surface area contributed by atoms with E-state index in [0.29, 0.717) is 5.84 Å². The summed E-state index contributed by atoms with van der Waals surface area (Å²) < 4.78 is 4.92. The van der Waals surface area contributed by atoms with Crippen LogP contribution in [0.2, 0.25) is 0 Å². The number of fused-ring (bicyclic) bond motifs is 18. The van der Waals surface area contributed by atoms with Crippen molar-refractivity contribution in [3.05, 3.63) is 300 Å². The maximum atomic E-state index is 5.67. The minimum atomic E-state index is -0.524. The fraction of sp³-hybridized carbons (Fsp3) is 0.0933. The molecule has 0 fully saturated rings. The van der Waals surface area contributed by atoms with E-state index >= 15 is 0 Å². The highest BCUT2D eigenvalue weighted by Crippen LogP contribution is 2.64. The van der Waals surface area contributed by atoms with Crippen LogP contribution in [0.1, 0.15) is 70.9 Å². The Balaban J connectivity index is 0.978. The van der Waals surface area contributed by atoms with Crippen LogP contribution in [-0.4, -0.2) is 32.9 Å². The van der Waals surface area contributed by atoms with Gasteiger partial charge in [0.05, 0.1) is 27.5 Å². The number of nitrogens with zero attached hydrogens (tertiary/aromatic N) is 5. The Hall–Kier alpha value is -9.84. The first-order valence-corrected chi connectivity index (χ1v) is 27.9. The van der Waals surface area contributed by atoms with Crippen LogP contribution in [0.3, 0.4) is 0 Å². The Morgan fingerprint density at radius 1 is 0.475 bits per heavy atom. The first-order chi connectivity index (χ1) is 39.3. The van der Waals surface area contributed by atoms with Crippen LogP contribution < -0.4 is 0 Å². The lowest BCUT2D eigenvalue weighted by atomic mass is 9.70. The van der Waals surface area contributed by atoms with Gasteiger partial charge in [0.25, 0.3) is 0 Å². The van der Waals surface area contributed by atoms with Crippen LogP contribution in [0.4, 0.5) is 0 Å². The van der Waals surface area contributed by atoms with E-state index in [0.717, 1.165) is 62.3 Å². The molecule has 3 heterocycles. The van der Waals surface area contributed by atoms with E-state index in [-0.39, 0.29) is 11.6 Å². The standard InChI is InChI=1S/C75H55N5/c1-47-23-9-8-22-42-74(2,3)65-46-68-60(45-57(47)65)59-44-51(36-40-66(59)79(68)52-28-14-7-15-29-52)50-37-41-67-58(43-50)55-38-39-64-69(56-32-18-21-35-63(56)75(64)61-33-19-16-30-53(61)54-31-17-20-34-62(54)75)70(55)80(67)73-77-71(48-24-10-5-11-25-48)76-72(78(73)4)49-26-12-6-13-27-49/h5-41,43-46,72H,1,42H2,2-4H3/b22-8-,23-9-. The normalized spacial score (nSPS) is 17.3. The minimum absolute atomic E-state index is 0.113. The number of aromatic nitrogens is 2. The Bertz CT molecular complexity index is 4690. The maximum Gasteiger partial charge on any atom is 0.214 e. The second-order valence-electron chi connectivity index (χ2n) is 22.7. The van der Waals surface area contributed by atoms with Crippen LogP contribution >= 0.6 is 0 Å². The summed E-state index contributed by atoms with van der Waals surface area (Å²) in [6.07, 6.45) is 9.32. The summed E-state index contributed by atoms with van der Waals surface area (Å²) in [5.41, 5.74) is 23.2. The Kier molecular flexibility index (Phi) is 10.0. The molecule has 0 saturated heterocycles. The van der Waals surface area contributed by atoms with E-state index in [4.69, 9.17) is 9.98 Å². The van der Waals surface area contributed by atoms with Gasteiger partial charge in [-0.05, 0) is 133 Å². The number of aliphatic imine (C=N–C) groups is 2. The minimum Gasteiger partial charge on any atom is -0.319 e. The molecule has 380 valence electrons. The summed E-state index contributed by atoms with van der Waals surface area (Å²) in [5, 5.41) is 4.74. The van der Waals surface area contributed by atoms with Crippen molar-refractivity contribution >= 4 is 61.0 Å². The highest BCUT2D eigenvalue weighted by atomic mass is 15.4. The molecular formula is C75H55N5. The maximum absolute atomic E-state index is 5.67. The second-order valence-corrected chi connectivity index (χ2v) is 22.7. The number of para-hydroxylation sites is 1. The monoisotopic (exact) mass is 1030 g/mol. The zero-order valence-electron chi connectivity index (χ0n) is 44.9. The number of benzene rings is 10. The van der Waals surface area contributed by atoms with E-state index < -0.39 is 5.41 Å². The van der Waals surface area contributed by atoms with Gasteiger partial charge in [-0.1, -0.05) is 221 Å². The largest absolute Gasteiger partial charge is 0.319 e. The molecule has 1 spiro atoms. The molecule has 5 heteroatoms. The SMILES string of the molecule is C=C1/C=C\C=C/CC(C)(C)c2cc3c(cc21)c1cc(-c2ccc4c(c2)c2ccc5c(c2n4C2=NC(c4ccccc4)=NC(c4ccccc4)N2C)-c2ccccc2C52c4ccccc4-c4ccccc42)ccc1n3-c1ccccc1. The van der Waals surface area contributed by atoms with Gasteiger partial charge < -0.3 is 9.47 Å². The third-order valence-corrected chi connectivity index (χ3v) is 17.8. The van der Waals surface area contributed by atoms with E-state index in [2.05, 4.69) is 290 Å². The van der Waals surface area contributed by atoms with Gasteiger partial charge in [0.1, 0.15) is 0 Å². The van der Waals surface area contributed by atoms with Gasteiger partial charge in [0.2, 0.25) is 5.96 Å². The third-order valence-electron chi connectivity index (χ3n) is 17.8. The lowest BCUT2D eigenvalue weighted by Gasteiger charge is -2.33. The molecule has 5 nitrogen and oxygen atoms in total. The van der Waals surface area contributed by atoms with Crippen LogP contribution in [0.5, 0.6) is 0 Å². The molecule has 0 amide bonds. The quantitative estimate of drug-likeness (QED) is 0.173. The number of hydrogen-bond donors (Lipinski definition) is 0. The van der Waals surface area contributed by atoms with E-state index in [1.54, 1.807) is 0 Å². The van der Waals surface area contributed by atoms with Gasteiger partial charge in [-0.25, -0.2) is 4.99 Å². The topological polar surface area (TPSA) is 37.8 Å². The van der Waals surface area contributed by atoms with E-state index in [9.17, 15) is 0 Å². The lowest BCUT2D eigenvalue weighted by molar-refractivity contribution is 0.372. The zero-order valence-corrected chi connectivity index (χ0v) is 44.9. The number of allylic oxidation sites excluding steroid dienone is 5. The molecule has 3 aliphatic carbocycles. The molecule has 1 atom stereocenters. The Morgan fingerprint density at radius 3 is 1.74 bits per heavy atom. The molecule has 1 aliphatic heterocycles. The average Bonchev–Trinajstić information content (AvgIpc) is 2.59. The number of amidine groups is 1. The predicted molar refractivity (Wildman–Crippen MR) is 333 cm³/mol. The molecule has 16 rings (SSSR count). The summed E-state index contributed by atoms with van der Waals surface area (Å²) in [4.78, 5) is 13.4. The number of rotatable bonds is 4. The van der Waals surface area contributed by atoms with Crippen molar-refractivity contribution in [1.82, 2.24) is 14.0 Å². The van der Waals surface area contributed by atoms with Crippen molar-refractivity contribution in [3.63, 3.8) is 0 Å². The van der Waals surface area contributed by atoms with Gasteiger partial charge >= 0.3 is 0 Å². The molecule has 4 aliphatic rings. The Labute approximate surface area is 465 Å². The van der Waals surface area contributed by atoms with Crippen LogP contribution in [0.15, 0.2) is 265 Å². The molecule has 0 saturated carbocycles. The van der Waals surface area contributed by atoms with Gasteiger partial charge in [-0.3, -0.25) is 4.57 Å². The first-order valence-electron chi connectivity index (χ1n) is 27.9. The van der Waals surface area contributed by atoms with Gasteiger partial charge in [0, 0.05) is 45.4 Å². The van der Waals surface area contributed by atoms with Crippen molar-refractivity contribution in [2.24, 2.45) is 9.98 Å². The summed E-state index contributed by atoms with van der Waals surface area (Å²) in [7, 11) is 2.16. The molecule has 1 unspecified atom stereocenters.